The molecule has 0 spiro atoms. The van der Waals surface area contributed by atoms with E-state index >= 15 is 0 Å². The van der Waals surface area contributed by atoms with Crippen LogP contribution in [0.1, 0.15) is 11.4 Å². The molecule has 0 fully saturated rings. The average Bonchev–Trinajstić information content (AvgIpc) is 2.76. The molecule has 0 radical (unpaired) electrons. The van der Waals surface area contributed by atoms with Crippen LogP contribution in [0.2, 0.25) is 0 Å². The zero-order valence-corrected chi connectivity index (χ0v) is 9.68. The number of aliphatic hydroxyl groups is 1. The van der Waals surface area contributed by atoms with E-state index in [4.69, 9.17) is 5.11 Å². The van der Waals surface area contributed by atoms with Crippen LogP contribution in [0.3, 0.4) is 0 Å². The molecule has 2 rings (SSSR count). The van der Waals surface area contributed by atoms with Gasteiger partial charge in [0.05, 0.1) is 13.2 Å². The zero-order chi connectivity index (χ0) is 13.0. The third kappa shape index (κ3) is 2.89. The van der Waals surface area contributed by atoms with E-state index in [0.717, 1.165) is 6.07 Å². The molecule has 0 aliphatic rings. The summed E-state index contributed by atoms with van der Waals surface area (Å²) < 4.78 is 27.7. The smallest absolute Gasteiger partial charge is 0.138 e. The molecule has 6 heteroatoms. The van der Waals surface area contributed by atoms with Crippen LogP contribution >= 0.6 is 0 Å². The van der Waals surface area contributed by atoms with E-state index in [0.29, 0.717) is 30.8 Å². The number of nitrogens with zero attached hydrogens (tertiary/aromatic N) is 3. The van der Waals surface area contributed by atoms with Gasteiger partial charge in [0.15, 0.2) is 0 Å². The van der Waals surface area contributed by atoms with E-state index < -0.39 is 11.6 Å². The molecule has 1 aromatic carbocycles. The Balaban J connectivity index is 2.04. The van der Waals surface area contributed by atoms with Crippen molar-refractivity contribution in [3.05, 3.63) is 47.5 Å². The summed E-state index contributed by atoms with van der Waals surface area (Å²) in [5.41, 5.74) is 0.440. The predicted molar refractivity (Wildman–Crippen MR) is 60.9 cm³/mol. The Morgan fingerprint density at radius 1 is 1.22 bits per heavy atom. The molecular weight excluding hydrogens is 240 g/mol. The highest BCUT2D eigenvalue weighted by atomic mass is 19.1. The van der Waals surface area contributed by atoms with Crippen LogP contribution in [0.4, 0.5) is 8.78 Å². The Kier molecular flexibility index (Phi) is 3.99. The van der Waals surface area contributed by atoms with Crippen LogP contribution in [0.25, 0.3) is 0 Å². The monoisotopic (exact) mass is 253 g/mol. The van der Waals surface area contributed by atoms with Crippen molar-refractivity contribution < 1.29 is 13.9 Å². The molecule has 0 aliphatic carbocycles. The van der Waals surface area contributed by atoms with E-state index in [1.165, 1.54) is 18.5 Å². The lowest BCUT2D eigenvalue weighted by Gasteiger charge is -2.05. The van der Waals surface area contributed by atoms with E-state index in [9.17, 15) is 8.78 Å². The first kappa shape index (κ1) is 12.6. The lowest BCUT2D eigenvalue weighted by atomic mass is 10.1. The maximum Gasteiger partial charge on any atom is 0.138 e. The van der Waals surface area contributed by atoms with Gasteiger partial charge in [-0.2, -0.15) is 5.10 Å². The van der Waals surface area contributed by atoms with Gasteiger partial charge in [0.25, 0.3) is 0 Å². The SMILES string of the molecule is OCCn1ncnc1CCc1ccc(F)cc1F. The molecule has 0 unspecified atom stereocenters. The summed E-state index contributed by atoms with van der Waals surface area (Å²) in [6.07, 6.45) is 2.30. The van der Waals surface area contributed by atoms with Crippen LogP contribution < -0.4 is 0 Å². The van der Waals surface area contributed by atoms with Gasteiger partial charge in [-0.25, -0.2) is 18.4 Å². The number of aryl methyl sites for hydroxylation is 2. The maximum absolute atomic E-state index is 13.4. The van der Waals surface area contributed by atoms with Crippen molar-refractivity contribution in [1.29, 1.82) is 0 Å². The summed E-state index contributed by atoms with van der Waals surface area (Å²) in [6, 6.07) is 3.53. The van der Waals surface area contributed by atoms with Crippen molar-refractivity contribution in [2.24, 2.45) is 0 Å². The maximum atomic E-state index is 13.4. The minimum atomic E-state index is -0.584. The second kappa shape index (κ2) is 5.68. The van der Waals surface area contributed by atoms with E-state index in [-0.39, 0.29) is 6.61 Å². The number of benzene rings is 1. The van der Waals surface area contributed by atoms with Gasteiger partial charge in [-0.1, -0.05) is 6.07 Å². The largest absolute Gasteiger partial charge is 0.394 e. The second-order valence-electron chi connectivity index (χ2n) is 3.86. The molecule has 0 saturated heterocycles. The molecule has 0 bridgehead atoms. The first-order valence-electron chi connectivity index (χ1n) is 5.62. The minimum Gasteiger partial charge on any atom is -0.394 e. The zero-order valence-electron chi connectivity index (χ0n) is 9.68. The summed E-state index contributed by atoms with van der Waals surface area (Å²) in [7, 11) is 0. The highest BCUT2D eigenvalue weighted by Crippen LogP contribution is 2.12. The van der Waals surface area contributed by atoms with E-state index in [2.05, 4.69) is 10.1 Å². The lowest BCUT2D eigenvalue weighted by molar-refractivity contribution is 0.267. The lowest BCUT2D eigenvalue weighted by Crippen LogP contribution is -2.10. The fourth-order valence-electron chi connectivity index (χ4n) is 1.73. The molecule has 0 amide bonds. The standard InChI is InChI=1S/C12H13F2N3O/c13-10-3-1-9(11(14)7-10)2-4-12-15-8-16-17(12)5-6-18/h1,3,7-8,18H,2,4-6H2. The molecular formula is C12H13F2N3O. The molecule has 18 heavy (non-hydrogen) atoms. The number of hydrogen-bond acceptors (Lipinski definition) is 3. The van der Waals surface area contributed by atoms with Crippen molar-refractivity contribution in [3.8, 4) is 0 Å². The molecule has 0 atom stereocenters. The van der Waals surface area contributed by atoms with Gasteiger partial charge in [0, 0.05) is 12.5 Å². The van der Waals surface area contributed by atoms with Crippen LogP contribution in [0, 0.1) is 11.6 Å². The van der Waals surface area contributed by atoms with Crippen LogP contribution in [0.5, 0.6) is 0 Å². The van der Waals surface area contributed by atoms with Crippen molar-refractivity contribution in [3.63, 3.8) is 0 Å². The quantitative estimate of drug-likeness (QED) is 0.874. The van der Waals surface area contributed by atoms with Gasteiger partial charge in [-0.3, -0.25) is 0 Å². The van der Waals surface area contributed by atoms with E-state index in [1.54, 1.807) is 4.68 Å². The number of rotatable bonds is 5. The van der Waals surface area contributed by atoms with Crippen molar-refractivity contribution >= 4 is 0 Å². The molecule has 0 aliphatic heterocycles. The van der Waals surface area contributed by atoms with Crippen LogP contribution in [-0.4, -0.2) is 26.5 Å². The summed E-state index contributed by atoms with van der Waals surface area (Å²) in [6.45, 7) is 0.336. The minimum absolute atomic E-state index is 0.0265. The number of aromatic nitrogens is 3. The third-order valence-corrected chi connectivity index (χ3v) is 2.64. The first-order chi connectivity index (χ1) is 8.70. The fraction of sp³-hybridized carbons (Fsp3) is 0.333. The molecule has 0 saturated carbocycles. The topological polar surface area (TPSA) is 50.9 Å². The molecule has 1 aromatic heterocycles. The van der Waals surface area contributed by atoms with Crippen LogP contribution in [0.15, 0.2) is 24.5 Å². The Labute approximate surface area is 103 Å². The Morgan fingerprint density at radius 3 is 2.78 bits per heavy atom. The van der Waals surface area contributed by atoms with Gasteiger partial charge in [-0.15, -0.1) is 0 Å². The summed E-state index contributed by atoms with van der Waals surface area (Å²) in [5, 5.41) is 12.8. The molecule has 1 heterocycles. The number of halogens is 2. The first-order valence-corrected chi connectivity index (χ1v) is 5.62. The second-order valence-corrected chi connectivity index (χ2v) is 3.86. The Bertz CT molecular complexity index is 528. The fourth-order valence-corrected chi connectivity index (χ4v) is 1.73. The number of aliphatic hydroxyl groups excluding tert-OH is 1. The summed E-state index contributed by atoms with van der Waals surface area (Å²) in [5.74, 6) is -0.462. The number of hydrogen-bond donors (Lipinski definition) is 1. The van der Waals surface area contributed by atoms with Crippen molar-refractivity contribution in [1.82, 2.24) is 14.8 Å². The summed E-state index contributed by atoms with van der Waals surface area (Å²) >= 11 is 0. The van der Waals surface area contributed by atoms with Crippen molar-refractivity contribution in [2.45, 2.75) is 19.4 Å². The average molecular weight is 253 g/mol. The van der Waals surface area contributed by atoms with Gasteiger partial charge in [0.1, 0.15) is 23.8 Å². The van der Waals surface area contributed by atoms with Gasteiger partial charge >= 0.3 is 0 Å². The summed E-state index contributed by atoms with van der Waals surface area (Å²) in [4.78, 5) is 4.04. The van der Waals surface area contributed by atoms with Gasteiger partial charge in [0.2, 0.25) is 0 Å². The van der Waals surface area contributed by atoms with E-state index in [1.807, 2.05) is 0 Å². The van der Waals surface area contributed by atoms with Gasteiger partial charge < -0.3 is 5.11 Å². The molecule has 2 aromatic rings. The van der Waals surface area contributed by atoms with Gasteiger partial charge in [-0.05, 0) is 18.1 Å². The molecule has 1 N–H and O–H groups in total. The Morgan fingerprint density at radius 2 is 2.06 bits per heavy atom. The highest BCUT2D eigenvalue weighted by Gasteiger charge is 2.07. The highest BCUT2D eigenvalue weighted by molar-refractivity contribution is 5.19. The normalized spacial score (nSPS) is 10.8. The molecule has 96 valence electrons. The third-order valence-electron chi connectivity index (χ3n) is 2.64. The van der Waals surface area contributed by atoms with Crippen molar-refractivity contribution in [2.75, 3.05) is 6.61 Å². The van der Waals surface area contributed by atoms with Crippen LogP contribution in [-0.2, 0) is 19.4 Å². The molecule has 4 nitrogen and oxygen atoms in total. The Hall–Kier alpha value is -1.82. The predicted octanol–water partition coefficient (Wildman–Crippen LogP) is 1.33.